The van der Waals surface area contributed by atoms with Crippen molar-refractivity contribution in [2.45, 2.75) is 0 Å². The third-order valence-corrected chi connectivity index (χ3v) is 4.46. The van der Waals surface area contributed by atoms with Crippen LogP contribution in [-0.2, 0) is 0 Å². The number of hydrogen-bond donors (Lipinski definition) is 0. The van der Waals surface area contributed by atoms with Crippen molar-refractivity contribution in [1.82, 2.24) is 0 Å². The molecule has 1 aliphatic rings. The van der Waals surface area contributed by atoms with Gasteiger partial charge in [-0.3, -0.25) is 0 Å². The zero-order chi connectivity index (χ0) is 9.46. The zero-order valence-electron chi connectivity index (χ0n) is 5.45. The average Bonchev–Trinajstić information content (AvgIpc) is 2.08. The van der Waals surface area contributed by atoms with Crippen molar-refractivity contribution >= 4 is 102 Å². The Kier molecular flexibility index (Phi) is 3.30. The molecule has 6 heteroatoms. The molecule has 0 bridgehead atoms. The maximum absolute atomic E-state index is 4.94. The first-order valence-electron chi connectivity index (χ1n) is 2.72. The van der Waals surface area contributed by atoms with Crippen LogP contribution >= 0.6 is 73.3 Å². The summed E-state index contributed by atoms with van der Waals surface area (Å²) in [5.74, 6) is 0. The van der Waals surface area contributed by atoms with E-state index in [0.717, 1.165) is 0 Å². The van der Waals surface area contributed by atoms with Crippen LogP contribution < -0.4 is 0 Å². The molecule has 12 heavy (non-hydrogen) atoms. The lowest BCUT2D eigenvalue weighted by atomic mass is 9.99. The Labute approximate surface area is 102 Å². The molecule has 0 aromatic carbocycles. The SMILES string of the molecule is S=C1C(=S)C(=S)C(=S)C(=S)C1=S. The van der Waals surface area contributed by atoms with Gasteiger partial charge in [0.2, 0.25) is 0 Å². The van der Waals surface area contributed by atoms with E-state index in [1.54, 1.807) is 0 Å². The Bertz CT molecular complexity index is 243. The van der Waals surface area contributed by atoms with Gasteiger partial charge < -0.3 is 0 Å². The smallest absolute Gasteiger partial charge is 0.0768 e. The van der Waals surface area contributed by atoms with E-state index >= 15 is 0 Å². The quantitative estimate of drug-likeness (QED) is 0.611. The molecule has 0 aliphatic heterocycles. The second-order valence-corrected chi connectivity index (χ2v) is 4.42. The van der Waals surface area contributed by atoms with Crippen molar-refractivity contribution in [2.75, 3.05) is 0 Å². The molecule has 60 valence electrons. The fourth-order valence-electron chi connectivity index (χ4n) is 0.619. The van der Waals surface area contributed by atoms with Crippen molar-refractivity contribution in [3.63, 3.8) is 0 Å². The highest BCUT2D eigenvalue weighted by Crippen LogP contribution is 2.08. The predicted molar refractivity (Wildman–Crippen MR) is 75.6 cm³/mol. The largest absolute Gasteiger partial charge is 0.0768 e. The van der Waals surface area contributed by atoms with Crippen LogP contribution in [0.15, 0.2) is 0 Å². The Balaban J connectivity index is 3.25. The van der Waals surface area contributed by atoms with Gasteiger partial charge in [0, 0.05) is 0 Å². The van der Waals surface area contributed by atoms with Gasteiger partial charge in [-0.05, 0) is 0 Å². The minimum atomic E-state index is 0.392. The van der Waals surface area contributed by atoms with Crippen LogP contribution in [-0.4, -0.2) is 29.2 Å². The summed E-state index contributed by atoms with van der Waals surface area (Å²) in [6.45, 7) is 0. The van der Waals surface area contributed by atoms with Crippen LogP contribution in [0.1, 0.15) is 0 Å². The number of rotatable bonds is 0. The first-order chi connectivity index (χ1) is 5.46. The summed E-state index contributed by atoms with van der Waals surface area (Å²) in [5.41, 5.74) is 0. The van der Waals surface area contributed by atoms with E-state index in [0.29, 0.717) is 29.2 Å². The van der Waals surface area contributed by atoms with Gasteiger partial charge in [0.05, 0.1) is 29.2 Å². The normalized spacial score (nSPS) is 19.0. The summed E-state index contributed by atoms with van der Waals surface area (Å²) in [6.07, 6.45) is 0. The summed E-state index contributed by atoms with van der Waals surface area (Å²) >= 11 is 29.6. The molecule has 0 saturated heterocycles. The van der Waals surface area contributed by atoms with Crippen LogP contribution in [0.25, 0.3) is 0 Å². The monoisotopic (exact) mass is 264 g/mol. The first kappa shape index (κ1) is 10.6. The van der Waals surface area contributed by atoms with Gasteiger partial charge in [-0.2, -0.15) is 0 Å². The standard InChI is InChI=1S/C6S6/c7-1-2(8)4(10)6(12)5(11)3(1)9. The molecule has 0 nitrogen and oxygen atoms in total. The molecule has 0 spiro atoms. The molecule has 0 heterocycles. The van der Waals surface area contributed by atoms with Crippen molar-refractivity contribution in [2.24, 2.45) is 0 Å². The fraction of sp³-hybridized carbons (Fsp3) is 0. The van der Waals surface area contributed by atoms with E-state index in [1.165, 1.54) is 0 Å². The highest BCUT2D eigenvalue weighted by atomic mass is 32.1. The van der Waals surface area contributed by atoms with E-state index in [-0.39, 0.29) is 0 Å². The van der Waals surface area contributed by atoms with Gasteiger partial charge in [0.15, 0.2) is 0 Å². The molecule has 0 unspecified atom stereocenters. The molecule has 0 radical (unpaired) electrons. The summed E-state index contributed by atoms with van der Waals surface area (Å²) < 4.78 is 0. The van der Waals surface area contributed by atoms with E-state index in [2.05, 4.69) is 0 Å². The molecule has 1 fully saturated rings. The third kappa shape index (κ3) is 1.59. The molecule has 0 amide bonds. The van der Waals surface area contributed by atoms with Gasteiger partial charge in [0.25, 0.3) is 0 Å². The molecular formula is C6S6. The Morgan fingerprint density at radius 2 is 0.417 bits per heavy atom. The number of hydrogen-bond acceptors (Lipinski definition) is 6. The lowest BCUT2D eigenvalue weighted by molar-refractivity contribution is 2.90. The third-order valence-electron chi connectivity index (χ3n) is 1.24. The molecule has 0 N–H and O–H groups in total. The Hall–Kier alpha value is 0.540. The fourth-order valence-corrected chi connectivity index (χ4v) is 2.23. The lowest BCUT2D eigenvalue weighted by Gasteiger charge is -2.16. The van der Waals surface area contributed by atoms with Crippen molar-refractivity contribution < 1.29 is 0 Å². The van der Waals surface area contributed by atoms with Crippen LogP contribution in [0.4, 0.5) is 0 Å². The molecule has 1 saturated carbocycles. The van der Waals surface area contributed by atoms with E-state index in [9.17, 15) is 0 Å². The van der Waals surface area contributed by atoms with Crippen molar-refractivity contribution in [3.8, 4) is 0 Å². The van der Waals surface area contributed by atoms with Crippen molar-refractivity contribution in [3.05, 3.63) is 0 Å². The molecule has 0 atom stereocenters. The Morgan fingerprint density at radius 3 is 0.500 bits per heavy atom. The predicted octanol–water partition coefficient (Wildman–Crippen LogP) is 2.22. The number of thiocarbonyl (C=S) groups is 6. The summed E-state index contributed by atoms with van der Waals surface area (Å²) in [5, 5.41) is 0. The lowest BCUT2D eigenvalue weighted by Crippen LogP contribution is -2.44. The molecular weight excluding hydrogens is 264 g/mol. The second-order valence-electron chi connectivity index (χ2n) is 1.97. The van der Waals surface area contributed by atoms with E-state index < -0.39 is 0 Å². The summed E-state index contributed by atoms with van der Waals surface area (Å²) in [7, 11) is 0. The topological polar surface area (TPSA) is 0 Å². The minimum Gasteiger partial charge on any atom is -0.0768 e. The maximum Gasteiger partial charge on any atom is 0.0768 e. The van der Waals surface area contributed by atoms with E-state index in [4.69, 9.17) is 73.3 Å². The summed E-state index contributed by atoms with van der Waals surface area (Å²) in [6, 6.07) is 0. The van der Waals surface area contributed by atoms with Gasteiger partial charge in [-0.15, -0.1) is 0 Å². The van der Waals surface area contributed by atoms with Crippen LogP contribution in [0, 0.1) is 0 Å². The highest BCUT2D eigenvalue weighted by Gasteiger charge is 2.29. The highest BCUT2D eigenvalue weighted by molar-refractivity contribution is 8.07. The minimum absolute atomic E-state index is 0.392. The van der Waals surface area contributed by atoms with Gasteiger partial charge >= 0.3 is 0 Å². The zero-order valence-corrected chi connectivity index (χ0v) is 10.3. The molecule has 1 aliphatic carbocycles. The van der Waals surface area contributed by atoms with Crippen LogP contribution in [0.2, 0.25) is 0 Å². The van der Waals surface area contributed by atoms with Gasteiger partial charge in [-0.1, -0.05) is 73.3 Å². The first-order valence-corrected chi connectivity index (χ1v) is 5.17. The van der Waals surface area contributed by atoms with Gasteiger partial charge in [-0.25, -0.2) is 0 Å². The maximum atomic E-state index is 4.94. The Morgan fingerprint density at radius 1 is 0.333 bits per heavy atom. The van der Waals surface area contributed by atoms with E-state index in [1.807, 2.05) is 0 Å². The molecule has 0 aromatic heterocycles. The van der Waals surface area contributed by atoms with Crippen LogP contribution in [0.3, 0.4) is 0 Å². The summed E-state index contributed by atoms with van der Waals surface area (Å²) in [4.78, 5) is 2.35. The molecule has 1 rings (SSSR count). The average molecular weight is 264 g/mol. The van der Waals surface area contributed by atoms with Crippen molar-refractivity contribution in [1.29, 1.82) is 0 Å². The van der Waals surface area contributed by atoms with Crippen LogP contribution in [0.5, 0.6) is 0 Å². The second kappa shape index (κ2) is 3.73. The molecule has 0 aromatic rings. The van der Waals surface area contributed by atoms with Gasteiger partial charge in [0.1, 0.15) is 0 Å².